The number of carbonyl (C=O) groups excluding carboxylic acids is 1. The SMILES string of the molecule is CCCc1ccc(OCC(=O)Oc2ccc(-c3ccc(C)cc3)cc2)cc1. The molecule has 0 heterocycles. The summed E-state index contributed by atoms with van der Waals surface area (Å²) in [5.74, 6) is 0.759. The average Bonchev–Trinajstić information content (AvgIpc) is 2.69. The molecule has 0 amide bonds. The molecule has 138 valence electrons. The highest BCUT2D eigenvalue weighted by Gasteiger charge is 2.07. The van der Waals surface area contributed by atoms with Crippen molar-refractivity contribution >= 4 is 5.97 Å². The first-order chi connectivity index (χ1) is 13.1. The zero-order valence-corrected chi connectivity index (χ0v) is 15.8. The summed E-state index contributed by atoms with van der Waals surface area (Å²) in [6, 6.07) is 23.6. The lowest BCUT2D eigenvalue weighted by Crippen LogP contribution is -2.17. The molecule has 0 saturated carbocycles. The van der Waals surface area contributed by atoms with Gasteiger partial charge in [0.2, 0.25) is 0 Å². The van der Waals surface area contributed by atoms with Crippen LogP contribution in [0.5, 0.6) is 11.5 Å². The van der Waals surface area contributed by atoms with Crippen molar-refractivity contribution in [3.8, 4) is 22.6 Å². The quantitative estimate of drug-likeness (QED) is 0.406. The van der Waals surface area contributed by atoms with Crippen LogP contribution in [0.2, 0.25) is 0 Å². The second-order valence-corrected chi connectivity index (χ2v) is 6.55. The molecule has 0 radical (unpaired) electrons. The molecule has 0 unspecified atom stereocenters. The maximum Gasteiger partial charge on any atom is 0.349 e. The van der Waals surface area contributed by atoms with Crippen molar-refractivity contribution in [1.82, 2.24) is 0 Å². The predicted octanol–water partition coefficient (Wildman–Crippen LogP) is 5.60. The number of ether oxygens (including phenoxy) is 2. The lowest BCUT2D eigenvalue weighted by atomic mass is 10.0. The summed E-state index contributed by atoms with van der Waals surface area (Å²) in [5.41, 5.74) is 4.71. The van der Waals surface area contributed by atoms with Crippen molar-refractivity contribution in [3.63, 3.8) is 0 Å². The Bertz CT molecular complexity index is 863. The summed E-state index contributed by atoms with van der Waals surface area (Å²) in [4.78, 5) is 12.0. The van der Waals surface area contributed by atoms with Gasteiger partial charge in [0.1, 0.15) is 11.5 Å². The molecule has 0 aromatic heterocycles. The smallest absolute Gasteiger partial charge is 0.349 e. The number of benzene rings is 3. The van der Waals surface area contributed by atoms with Crippen molar-refractivity contribution in [1.29, 1.82) is 0 Å². The summed E-state index contributed by atoms with van der Waals surface area (Å²) in [7, 11) is 0. The molecule has 3 heteroatoms. The van der Waals surface area contributed by atoms with Gasteiger partial charge in [0, 0.05) is 0 Å². The summed E-state index contributed by atoms with van der Waals surface area (Å²) in [5, 5.41) is 0. The van der Waals surface area contributed by atoms with Gasteiger partial charge < -0.3 is 9.47 Å². The first kappa shape index (κ1) is 18.7. The van der Waals surface area contributed by atoms with Crippen molar-refractivity contribution in [3.05, 3.63) is 83.9 Å². The third-order valence-electron chi connectivity index (χ3n) is 4.29. The van der Waals surface area contributed by atoms with Crippen LogP contribution in [0.4, 0.5) is 0 Å². The van der Waals surface area contributed by atoms with Crippen molar-refractivity contribution in [2.45, 2.75) is 26.7 Å². The second-order valence-electron chi connectivity index (χ2n) is 6.55. The monoisotopic (exact) mass is 360 g/mol. The van der Waals surface area contributed by atoms with Crippen LogP contribution >= 0.6 is 0 Å². The van der Waals surface area contributed by atoms with E-state index < -0.39 is 5.97 Å². The van der Waals surface area contributed by atoms with E-state index in [2.05, 4.69) is 38.1 Å². The molecule has 0 atom stereocenters. The van der Waals surface area contributed by atoms with E-state index in [9.17, 15) is 4.79 Å². The fraction of sp³-hybridized carbons (Fsp3) is 0.208. The fourth-order valence-corrected chi connectivity index (χ4v) is 2.81. The van der Waals surface area contributed by atoms with E-state index in [1.54, 1.807) is 12.1 Å². The molecule has 0 aliphatic carbocycles. The van der Waals surface area contributed by atoms with Crippen molar-refractivity contribution in [2.75, 3.05) is 6.61 Å². The number of carbonyl (C=O) groups is 1. The van der Waals surface area contributed by atoms with E-state index >= 15 is 0 Å². The molecule has 0 spiro atoms. The molecular formula is C24H24O3. The number of rotatable bonds is 7. The Balaban J connectivity index is 1.52. The van der Waals surface area contributed by atoms with E-state index in [0.29, 0.717) is 11.5 Å². The van der Waals surface area contributed by atoms with Crippen LogP contribution in [0.3, 0.4) is 0 Å². The zero-order chi connectivity index (χ0) is 19.1. The Morgan fingerprint density at radius 3 is 1.93 bits per heavy atom. The van der Waals surface area contributed by atoms with Crippen LogP contribution in [0.1, 0.15) is 24.5 Å². The van der Waals surface area contributed by atoms with Crippen LogP contribution in [0.25, 0.3) is 11.1 Å². The molecular weight excluding hydrogens is 336 g/mol. The van der Waals surface area contributed by atoms with Crippen LogP contribution < -0.4 is 9.47 Å². The molecule has 0 saturated heterocycles. The Kier molecular flexibility index (Phi) is 6.26. The molecule has 27 heavy (non-hydrogen) atoms. The predicted molar refractivity (Wildman–Crippen MR) is 108 cm³/mol. The number of hydrogen-bond donors (Lipinski definition) is 0. The van der Waals surface area contributed by atoms with Gasteiger partial charge in [-0.05, 0) is 54.3 Å². The van der Waals surface area contributed by atoms with Gasteiger partial charge in [0.05, 0.1) is 0 Å². The summed E-state index contributed by atoms with van der Waals surface area (Å²) in [6.45, 7) is 4.09. The lowest BCUT2D eigenvalue weighted by molar-refractivity contribution is -0.136. The molecule has 0 N–H and O–H groups in total. The van der Waals surface area contributed by atoms with Gasteiger partial charge in [-0.3, -0.25) is 0 Å². The van der Waals surface area contributed by atoms with Crippen molar-refractivity contribution in [2.24, 2.45) is 0 Å². The van der Waals surface area contributed by atoms with Gasteiger partial charge in [-0.2, -0.15) is 0 Å². The Morgan fingerprint density at radius 1 is 0.778 bits per heavy atom. The molecule has 0 fully saturated rings. The third kappa shape index (κ3) is 5.45. The second kappa shape index (κ2) is 9.04. The van der Waals surface area contributed by atoms with Gasteiger partial charge >= 0.3 is 5.97 Å². The van der Waals surface area contributed by atoms with Crippen LogP contribution in [-0.4, -0.2) is 12.6 Å². The highest BCUT2D eigenvalue weighted by molar-refractivity contribution is 5.74. The zero-order valence-electron chi connectivity index (χ0n) is 15.8. The first-order valence-corrected chi connectivity index (χ1v) is 9.23. The van der Waals surface area contributed by atoms with Gasteiger partial charge in [-0.1, -0.05) is 67.4 Å². The van der Waals surface area contributed by atoms with E-state index in [-0.39, 0.29) is 6.61 Å². The lowest BCUT2D eigenvalue weighted by Gasteiger charge is -2.08. The molecule has 3 nitrogen and oxygen atoms in total. The topological polar surface area (TPSA) is 35.5 Å². The highest BCUT2D eigenvalue weighted by atomic mass is 16.6. The Morgan fingerprint density at radius 2 is 1.33 bits per heavy atom. The minimum absolute atomic E-state index is 0.118. The van der Waals surface area contributed by atoms with Gasteiger partial charge in [0.25, 0.3) is 0 Å². The van der Waals surface area contributed by atoms with Crippen molar-refractivity contribution < 1.29 is 14.3 Å². The van der Waals surface area contributed by atoms with E-state index in [1.807, 2.05) is 36.4 Å². The average molecular weight is 360 g/mol. The standard InChI is InChI=1S/C24H24O3/c1-3-4-19-7-13-22(14-8-19)26-17-24(25)27-23-15-11-21(12-16-23)20-9-5-18(2)6-10-20/h5-16H,3-4,17H2,1-2H3. The molecule has 0 bridgehead atoms. The minimum Gasteiger partial charge on any atom is -0.482 e. The maximum atomic E-state index is 12.0. The van der Waals surface area contributed by atoms with Gasteiger partial charge in [-0.25, -0.2) is 4.79 Å². The van der Waals surface area contributed by atoms with Crippen LogP contribution in [-0.2, 0) is 11.2 Å². The highest BCUT2D eigenvalue weighted by Crippen LogP contribution is 2.23. The summed E-state index contributed by atoms with van der Waals surface area (Å²) >= 11 is 0. The maximum absolute atomic E-state index is 12.0. The minimum atomic E-state index is -0.421. The molecule has 0 aliphatic rings. The molecule has 3 aromatic rings. The number of hydrogen-bond acceptors (Lipinski definition) is 3. The first-order valence-electron chi connectivity index (χ1n) is 9.23. The van der Waals surface area contributed by atoms with E-state index in [4.69, 9.17) is 9.47 Å². The van der Waals surface area contributed by atoms with E-state index in [0.717, 1.165) is 24.0 Å². The summed E-state index contributed by atoms with van der Waals surface area (Å²) in [6.07, 6.45) is 2.15. The largest absolute Gasteiger partial charge is 0.482 e. The number of esters is 1. The van der Waals surface area contributed by atoms with Crippen LogP contribution in [0, 0.1) is 6.92 Å². The normalized spacial score (nSPS) is 10.4. The molecule has 0 aliphatic heterocycles. The van der Waals surface area contributed by atoms with E-state index in [1.165, 1.54) is 11.1 Å². The summed E-state index contributed by atoms with van der Waals surface area (Å²) < 4.78 is 10.8. The fourth-order valence-electron chi connectivity index (χ4n) is 2.81. The van der Waals surface area contributed by atoms with Crippen LogP contribution in [0.15, 0.2) is 72.8 Å². The molecule has 3 rings (SSSR count). The number of aryl methyl sites for hydroxylation is 2. The Hall–Kier alpha value is -3.07. The van der Waals surface area contributed by atoms with Gasteiger partial charge in [-0.15, -0.1) is 0 Å². The Labute approximate surface area is 160 Å². The third-order valence-corrected chi connectivity index (χ3v) is 4.29. The molecule has 3 aromatic carbocycles. The van der Waals surface area contributed by atoms with Gasteiger partial charge in [0.15, 0.2) is 6.61 Å².